The van der Waals surface area contributed by atoms with Crippen molar-refractivity contribution in [3.8, 4) is 0 Å². The summed E-state index contributed by atoms with van der Waals surface area (Å²) >= 11 is 3.10. The quantitative estimate of drug-likeness (QED) is 0.878. The Bertz CT molecular complexity index is 377. The molecule has 2 nitrogen and oxygen atoms in total. The topological polar surface area (TPSA) is 32.3 Å². The third kappa shape index (κ3) is 2.35. The zero-order valence-electron chi connectivity index (χ0n) is 8.51. The molecule has 0 amide bonds. The van der Waals surface area contributed by atoms with E-state index >= 15 is 0 Å². The molecule has 1 aromatic carbocycles. The Morgan fingerprint density at radius 1 is 1.31 bits per heavy atom. The van der Waals surface area contributed by atoms with E-state index in [-0.39, 0.29) is 11.7 Å². The molecule has 0 heterocycles. The van der Waals surface area contributed by atoms with Crippen LogP contribution in [-0.4, -0.2) is 17.3 Å². The molecule has 1 aromatic rings. The fraction of sp³-hybridized carbons (Fsp3) is 0.455. The molecule has 1 aliphatic rings. The maximum atomic E-state index is 13.5. The first-order chi connectivity index (χ1) is 7.58. The number of nitrogens with one attached hydrogen (secondary N) is 1. The maximum Gasteiger partial charge on any atom is 0.150 e. The first-order valence-electron chi connectivity index (χ1n) is 5.17. The van der Waals surface area contributed by atoms with E-state index in [4.69, 9.17) is 0 Å². The molecule has 5 heteroatoms. The Morgan fingerprint density at radius 2 is 2.06 bits per heavy atom. The van der Waals surface area contributed by atoms with Gasteiger partial charge in [0.1, 0.15) is 11.6 Å². The van der Waals surface area contributed by atoms with Gasteiger partial charge in [0.2, 0.25) is 0 Å². The van der Waals surface area contributed by atoms with E-state index in [0.29, 0.717) is 4.47 Å². The highest BCUT2D eigenvalue weighted by molar-refractivity contribution is 9.10. The molecule has 0 unspecified atom stereocenters. The van der Waals surface area contributed by atoms with Gasteiger partial charge in [-0.25, -0.2) is 8.78 Å². The minimum absolute atomic E-state index is 0.156. The summed E-state index contributed by atoms with van der Waals surface area (Å²) in [4.78, 5) is 0. The molecule has 1 saturated carbocycles. The molecule has 0 aromatic heterocycles. The monoisotopic (exact) mass is 291 g/mol. The van der Waals surface area contributed by atoms with Crippen molar-refractivity contribution in [2.45, 2.75) is 31.4 Å². The first kappa shape index (κ1) is 11.8. The number of rotatable bonds is 2. The summed E-state index contributed by atoms with van der Waals surface area (Å²) in [6.45, 7) is 0. The molecule has 0 saturated heterocycles. The molecule has 0 aliphatic heterocycles. The van der Waals surface area contributed by atoms with Gasteiger partial charge in [-0.3, -0.25) is 0 Å². The van der Waals surface area contributed by atoms with Crippen LogP contribution in [0.2, 0.25) is 0 Å². The molecule has 2 N–H and O–H groups in total. The van der Waals surface area contributed by atoms with Crippen LogP contribution in [-0.2, 0) is 0 Å². The molecule has 0 radical (unpaired) electrons. The lowest BCUT2D eigenvalue weighted by Gasteiger charge is -2.19. The number of hydrogen-bond acceptors (Lipinski definition) is 2. The van der Waals surface area contributed by atoms with E-state index < -0.39 is 17.7 Å². The van der Waals surface area contributed by atoms with Gasteiger partial charge in [0, 0.05) is 10.5 Å². The highest BCUT2D eigenvalue weighted by Gasteiger charge is 2.26. The number of halogens is 3. The predicted octanol–water partition coefficient (Wildman–Crippen LogP) is 3.05. The summed E-state index contributed by atoms with van der Waals surface area (Å²) in [6.07, 6.45) is 1.97. The zero-order chi connectivity index (χ0) is 11.7. The van der Waals surface area contributed by atoms with Gasteiger partial charge in [0.15, 0.2) is 0 Å². The van der Waals surface area contributed by atoms with Crippen LogP contribution in [0.1, 0.15) is 19.3 Å². The van der Waals surface area contributed by atoms with Crippen molar-refractivity contribution in [3.05, 3.63) is 28.2 Å². The number of anilines is 1. The molecular formula is C11H12BrF2NO. The fourth-order valence-electron chi connectivity index (χ4n) is 1.97. The lowest BCUT2D eigenvalue weighted by molar-refractivity contribution is 0.171. The lowest BCUT2D eigenvalue weighted by Crippen LogP contribution is -2.28. The average molecular weight is 292 g/mol. The third-order valence-electron chi connectivity index (χ3n) is 2.82. The van der Waals surface area contributed by atoms with Crippen LogP contribution < -0.4 is 5.32 Å². The van der Waals surface area contributed by atoms with Gasteiger partial charge in [-0.2, -0.15) is 0 Å². The average Bonchev–Trinajstić information content (AvgIpc) is 2.57. The van der Waals surface area contributed by atoms with Crippen LogP contribution in [0.4, 0.5) is 14.5 Å². The summed E-state index contributed by atoms with van der Waals surface area (Å²) in [5.74, 6) is -1.27. The van der Waals surface area contributed by atoms with Crippen molar-refractivity contribution in [3.63, 3.8) is 0 Å². The highest BCUT2D eigenvalue weighted by atomic mass is 79.9. The summed E-state index contributed by atoms with van der Waals surface area (Å²) in [6, 6.07) is 1.87. The third-order valence-corrected chi connectivity index (χ3v) is 3.44. The molecule has 0 spiro atoms. The van der Waals surface area contributed by atoms with Gasteiger partial charge in [0.25, 0.3) is 0 Å². The van der Waals surface area contributed by atoms with Crippen LogP contribution >= 0.6 is 15.9 Å². The van der Waals surface area contributed by atoms with E-state index in [1.54, 1.807) is 0 Å². The second-order valence-electron chi connectivity index (χ2n) is 3.99. The van der Waals surface area contributed by atoms with Crippen LogP contribution in [0.3, 0.4) is 0 Å². The molecule has 2 atom stereocenters. The normalized spacial score (nSPS) is 24.8. The fourth-order valence-corrected chi connectivity index (χ4v) is 2.50. The zero-order valence-corrected chi connectivity index (χ0v) is 10.1. The number of hydrogen-bond donors (Lipinski definition) is 2. The van der Waals surface area contributed by atoms with Crippen LogP contribution in [0, 0.1) is 11.6 Å². The van der Waals surface area contributed by atoms with Gasteiger partial charge in [-0.15, -0.1) is 0 Å². The van der Waals surface area contributed by atoms with Gasteiger partial charge in [0.05, 0.1) is 17.8 Å². The Kier molecular flexibility index (Phi) is 3.44. The van der Waals surface area contributed by atoms with Gasteiger partial charge < -0.3 is 10.4 Å². The van der Waals surface area contributed by atoms with E-state index in [1.807, 2.05) is 0 Å². The minimum atomic E-state index is -0.647. The van der Waals surface area contributed by atoms with E-state index in [2.05, 4.69) is 21.2 Å². The summed E-state index contributed by atoms with van der Waals surface area (Å²) in [7, 11) is 0. The SMILES string of the molecule is O[C@@H]1CCC[C@H]1Nc1c(F)cc(F)cc1Br. The van der Waals surface area contributed by atoms with Crippen molar-refractivity contribution >= 4 is 21.6 Å². The van der Waals surface area contributed by atoms with E-state index in [0.717, 1.165) is 25.3 Å². The van der Waals surface area contributed by atoms with Gasteiger partial charge in [-0.05, 0) is 41.3 Å². The summed E-state index contributed by atoms with van der Waals surface area (Å²) in [5, 5.41) is 12.5. The van der Waals surface area contributed by atoms with Crippen molar-refractivity contribution < 1.29 is 13.9 Å². The van der Waals surface area contributed by atoms with E-state index in [1.165, 1.54) is 6.07 Å². The van der Waals surface area contributed by atoms with Crippen LogP contribution in [0.15, 0.2) is 16.6 Å². The van der Waals surface area contributed by atoms with Crippen molar-refractivity contribution in [1.82, 2.24) is 0 Å². The molecule has 16 heavy (non-hydrogen) atoms. The Balaban J connectivity index is 2.21. The van der Waals surface area contributed by atoms with Crippen molar-refractivity contribution in [2.75, 3.05) is 5.32 Å². The Morgan fingerprint density at radius 3 is 2.62 bits per heavy atom. The predicted molar refractivity (Wildman–Crippen MR) is 61.3 cm³/mol. The molecule has 1 fully saturated rings. The number of aliphatic hydroxyl groups excluding tert-OH is 1. The Hall–Kier alpha value is -0.680. The van der Waals surface area contributed by atoms with Gasteiger partial charge >= 0.3 is 0 Å². The molecular weight excluding hydrogens is 280 g/mol. The van der Waals surface area contributed by atoms with E-state index in [9.17, 15) is 13.9 Å². The molecule has 0 bridgehead atoms. The Labute approximate surface area is 101 Å². The van der Waals surface area contributed by atoms with Crippen molar-refractivity contribution in [2.24, 2.45) is 0 Å². The second-order valence-corrected chi connectivity index (χ2v) is 4.85. The van der Waals surface area contributed by atoms with Crippen LogP contribution in [0.25, 0.3) is 0 Å². The smallest absolute Gasteiger partial charge is 0.150 e. The maximum absolute atomic E-state index is 13.5. The molecule has 1 aliphatic carbocycles. The van der Waals surface area contributed by atoms with Crippen LogP contribution in [0.5, 0.6) is 0 Å². The van der Waals surface area contributed by atoms with Crippen molar-refractivity contribution in [1.29, 1.82) is 0 Å². The minimum Gasteiger partial charge on any atom is -0.391 e. The number of benzene rings is 1. The number of aliphatic hydroxyl groups is 1. The second kappa shape index (κ2) is 4.67. The first-order valence-corrected chi connectivity index (χ1v) is 5.96. The van der Waals surface area contributed by atoms with Gasteiger partial charge in [-0.1, -0.05) is 0 Å². The summed E-state index contributed by atoms with van der Waals surface area (Å²) in [5.41, 5.74) is 0.215. The highest BCUT2D eigenvalue weighted by Crippen LogP contribution is 2.30. The molecule has 88 valence electrons. The molecule has 2 rings (SSSR count). The summed E-state index contributed by atoms with van der Waals surface area (Å²) < 4.78 is 26.7. The largest absolute Gasteiger partial charge is 0.391 e. The lowest BCUT2D eigenvalue weighted by atomic mass is 10.2. The standard InChI is InChI=1S/C11H12BrF2NO/c12-7-4-6(13)5-8(14)11(7)15-9-2-1-3-10(9)16/h4-5,9-10,15-16H,1-3H2/t9-,10-/m1/s1.